The number of halogens is 3. The minimum absolute atomic E-state index is 0.619. The van der Waals surface area contributed by atoms with Gasteiger partial charge < -0.3 is 0 Å². The highest BCUT2D eigenvalue weighted by Gasteiger charge is 2.06. The standard InChI is InChI=1S/C9H7ClI2/c1-5-3-7(11)4-8(12)9(5)6(2)10/h3-4H,2H2,1H3. The molecule has 3 heteroatoms. The predicted molar refractivity (Wildman–Crippen MR) is 71.5 cm³/mol. The summed E-state index contributed by atoms with van der Waals surface area (Å²) >= 11 is 10.4. The molecule has 1 aromatic carbocycles. The van der Waals surface area contributed by atoms with Crippen LogP contribution in [0.4, 0.5) is 0 Å². The van der Waals surface area contributed by atoms with Gasteiger partial charge in [-0.05, 0) is 69.8 Å². The van der Waals surface area contributed by atoms with Crippen LogP contribution in [0.15, 0.2) is 18.7 Å². The monoisotopic (exact) mass is 404 g/mol. The van der Waals surface area contributed by atoms with E-state index >= 15 is 0 Å². The van der Waals surface area contributed by atoms with Crippen molar-refractivity contribution in [3.8, 4) is 0 Å². The SMILES string of the molecule is C=C(Cl)c1c(C)cc(I)cc1I. The Morgan fingerprint density at radius 2 is 2.00 bits per heavy atom. The van der Waals surface area contributed by atoms with Gasteiger partial charge in [-0.3, -0.25) is 0 Å². The minimum atomic E-state index is 0.619. The van der Waals surface area contributed by atoms with Crippen LogP contribution in [-0.2, 0) is 0 Å². The first-order valence-electron chi connectivity index (χ1n) is 3.33. The van der Waals surface area contributed by atoms with Crippen LogP contribution >= 0.6 is 56.8 Å². The van der Waals surface area contributed by atoms with E-state index < -0.39 is 0 Å². The molecule has 0 fully saturated rings. The van der Waals surface area contributed by atoms with Crippen LogP contribution in [-0.4, -0.2) is 0 Å². The zero-order valence-corrected chi connectivity index (χ0v) is 11.6. The second kappa shape index (κ2) is 4.28. The van der Waals surface area contributed by atoms with E-state index in [-0.39, 0.29) is 0 Å². The van der Waals surface area contributed by atoms with Gasteiger partial charge in [-0.2, -0.15) is 0 Å². The summed E-state index contributed by atoms with van der Waals surface area (Å²) in [6.07, 6.45) is 0. The van der Waals surface area contributed by atoms with E-state index in [0.29, 0.717) is 5.03 Å². The van der Waals surface area contributed by atoms with Crippen molar-refractivity contribution in [1.29, 1.82) is 0 Å². The summed E-state index contributed by atoms with van der Waals surface area (Å²) in [4.78, 5) is 0. The van der Waals surface area contributed by atoms with Gasteiger partial charge in [0, 0.05) is 17.7 Å². The fourth-order valence-electron chi connectivity index (χ4n) is 1.05. The second-order valence-electron chi connectivity index (χ2n) is 2.48. The Hall–Kier alpha value is 0.710. The Morgan fingerprint density at radius 1 is 1.42 bits per heavy atom. The first-order chi connectivity index (χ1) is 5.52. The fourth-order valence-corrected chi connectivity index (χ4v) is 3.92. The summed E-state index contributed by atoms with van der Waals surface area (Å²) in [6.45, 7) is 5.78. The molecule has 0 amide bonds. The predicted octanol–water partition coefficient (Wildman–Crippen LogP) is 4.41. The van der Waals surface area contributed by atoms with E-state index in [1.54, 1.807) is 0 Å². The molecule has 0 saturated heterocycles. The first-order valence-corrected chi connectivity index (χ1v) is 5.86. The van der Waals surface area contributed by atoms with Gasteiger partial charge in [0.25, 0.3) is 0 Å². The van der Waals surface area contributed by atoms with Gasteiger partial charge in [-0.15, -0.1) is 0 Å². The molecule has 0 aromatic heterocycles. The van der Waals surface area contributed by atoms with Gasteiger partial charge in [0.1, 0.15) is 0 Å². The average Bonchev–Trinajstić information content (AvgIpc) is 1.82. The highest BCUT2D eigenvalue weighted by Crippen LogP contribution is 2.27. The van der Waals surface area contributed by atoms with Crippen LogP contribution in [0, 0.1) is 14.1 Å². The molecule has 0 aliphatic heterocycles. The molecular formula is C9H7ClI2. The Kier molecular flexibility index (Phi) is 3.85. The van der Waals surface area contributed by atoms with Crippen molar-refractivity contribution in [2.45, 2.75) is 6.92 Å². The lowest BCUT2D eigenvalue weighted by Crippen LogP contribution is -1.89. The second-order valence-corrected chi connectivity index (χ2v) is 5.35. The Balaban J connectivity index is 3.38. The average molecular weight is 404 g/mol. The summed E-state index contributed by atoms with van der Waals surface area (Å²) in [5.41, 5.74) is 2.25. The molecule has 0 bridgehead atoms. The van der Waals surface area contributed by atoms with Gasteiger partial charge in [0.15, 0.2) is 0 Å². The maximum absolute atomic E-state index is 5.86. The zero-order valence-electron chi connectivity index (χ0n) is 6.50. The summed E-state index contributed by atoms with van der Waals surface area (Å²) in [5, 5.41) is 0.619. The van der Waals surface area contributed by atoms with E-state index in [2.05, 4.69) is 63.9 Å². The maximum atomic E-state index is 5.86. The van der Waals surface area contributed by atoms with Crippen LogP contribution in [0.2, 0.25) is 0 Å². The van der Waals surface area contributed by atoms with Crippen molar-refractivity contribution >= 4 is 61.8 Å². The van der Waals surface area contributed by atoms with Crippen LogP contribution in [0.5, 0.6) is 0 Å². The fraction of sp³-hybridized carbons (Fsp3) is 0.111. The number of hydrogen-bond donors (Lipinski definition) is 0. The molecule has 64 valence electrons. The molecule has 0 atom stereocenters. The molecule has 0 aliphatic rings. The third-order valence-corrected chi connectivity index (χ3v) is 3.19. The molecule has 1 rings (SSSR count). The normalized spacial score (nSPS) is 10.0. The van der Waals surface area contributed by atoms with Crippen molar-refractivity contribution in [3.63, 3.8) is 0 Å². The van der Waals surface area contributed by atoms with E-state index in [1.165, 1.54) is 9.13 Å². The molecule has 0 saturated carbocycles. The molecule has 1 aromatic rings. The summed E-state index contributed by atoms with van der Waals surface area (Å²) in [7, 11) is 0. The molecule has 12 heavy (non-hydrogen) atoms. The Bertz CT molecular complexity index is 308. The van der Waals surface area contributed by atoms with Crippen molar-refractivity contribution in [1.82, 2.24) is 0 Å². The van der Waals surface area contributed by atoms with Gasteiger partial charge >= 0.3 is 0 Å². The first kappa shape index (κ1) is 10.8. The molecule has 0 unspecified atom stereocenters. The lowest BCUT2D eigenvalue weighted by atomic mass is 10.1. The van der Waals surface area contributed by atoms with Crippen LogP contribution in [0.3, 0.4) is 0 Å². The van der Waals surface area contributed by atoms with Crippen molar-refractivity contribution in [2.24, 2.45) is 0 Å². The summed E-state index contributed by atoms with van der Waals surface area (Å²) in [6, 6.07) is 4.20. The molecule has 0 spiro atoms. The van der Waals surface area contributed by atoms with Gasteiger partial charge in [0.2, 0.25) is 0 Å². The third kappa shape index (κ3) is 2.35. The zero-order chi connectivity index (χ0) is 9.30. The lowest BCUT2D eigenvalue weighted by Gasteiger charge is -2.06. The van der Waals surface area contributed by atoms with E-state index in [4.69, 9.17) is 11.6 Å². The smallest absolute Gasteiger partial charge is 0.0419 e. The summed E-state index contributed by atoms with van der Waals surface area (Å²) in [5.74, 6) is 0. The lowest BCUT2D eigenvalue weighted by molar-refractivity contribution is 1.39. The molecule has 0 aliphatic carbocycles. The minimum Gasteiger partial charge on any atom is -0.0843 e. The largest absolute Gasteiger partial charge is 0.0843 e. The van der Waals surface area contributed by atoms with Gasteiger partial charge in [-0.25, -0.2) is 0 Å². The quantitative estimate of drug-likeness (QED) is 0.608. The number of rotatable bonds is 1. The molecular weight excluding hydrogens is 397 g/mol. The Morgan fingerprint density at radius 3 is 2.42 bits per heavy atom. The van der Waals surface area contributed by atoms with E-state index in [9.17, 15) is 0 Å². The van der Waals surface area contributed by atoms with Gasteiger partial charge in [-0.1, -0.05) is 18.2 Å². The van der Waals surface area contributed by atoms with E-state index in [1.807, 2.05) is 6.92 Å². The Labute approximate surface area is 105 Å². The van der Waals surface area contributed by atoms with Crippen molar-refractivity contribution in [3.05, 3.63) is 37.0 Å². The molecule has 0 nitrogen and oxygen atoms in total. The number of hydrogen-bond acceptors (Lipinski definition) is 0. The van der Waals surface area contributed by atoms with Crippen molar-refractivity contribution in [2.75, 3.05) is 0 Å². The topological polar surface area (TPSA) is 0 Å². The molecule has 0 N–H and O–H groups in total. The van der Waals surface area contributed by atoms with Crippen LogP contribution < -0.4 is 0 Å². The molecule has 0 radical (unpaired) electrons. The third-order valence-electron chi connectivity index (χ3n) is 1.52. The van der Waals surface area contributed by atoms with E-state index in [0.717, 1.165) is 9.13 Å². The highest BCUT2D eigenvalue weighted by atomic mass is 127. The maximum Gasteiger partial charge on any atom is 0.0419 e. The van der Waals surface area contributed by atoms with Crippen LogP contribution in [0.25, 0.3) is 5.03 Å². The molecule has 0 heterocycles. The number of aryl methyl sites for hydroxylation is 1. The summed E-state index contributed by atoms with van der Waals surface area (Å²) < 4.78 is 2.40. The van der Waals surface area contributed by atoms with Crippen LogP contribution in [0.1, 0.15) is 11.1 Å². The van der Waals surface area contributed by atoms with Crippen molar-refractivity contribution < 1.29 is 0 Å². The number of benzene rings is 1. The highest BCUT2D eigenvalue weighted by molar-refractivity contribution is 14.1. The van der Waals surface area contributed by atoms with Gasteiger partial charge in [0.05, 0.1) is 0 Å².